The van der Waals surface area contributed by atoms with Gasteiger partial charge in [-0.05, 0) is 32.9 Å². The summed E-state index contributed by atoms with van der Waals surface area (Å²) >= 11 is 0. The number of methoxy groups -OCH3 is 3. The molecule has 0 radical (unpaired) electrons. The lowest BCUT2D eigenvalue weighted by molar-refractivity contribution is -0.126. The van der Waals surface area contributed by atoms with Crippen LogP contribution in [0.3, 0.4) is 0 Å². The monoisotopic (exact) mass is 339 g/mol. The second kappa shape index (κ2) is 8.39. The molecule has 134 valence electrons. The van der Waals surface area contributed by atoms with E-state index in [1.807, 2.05) is 0 Å². The highest BCUT2D eigenvalue weighted by atomic mass is 16.6. The van der Waals surface area contributed by atoms with Crippen molar-refractivity contribution < 1.29 is 23.8 Å². The minimum Gasteiger partial charge on any atom is -0.497 e. The molecule has 0 spiro atoms. The van der Waals surface area contributed by atoms with E-state index in [-0.39, 0.29) is 5.84 Å². The average molecular weight is 339 g/mol. The average Bonchev–Trinajstić information content (AvgIpc) is 2.59. The van der Waals surface area contributed by atoms with Crippen molar-refractivity contribution in [1.29, 1.82) is 0 Å². The van der Waals surface area contributed by atoms with Gasteiger partial charge < -0.3 is 30.1 Å². The van der Waals surface area contributed by atoms with Gasteiger partial charge >= 0.3 is 0 Å². The van der Waals surface area contributed by atoms with Gasteiger partial charge in [0.15, 0.2) is 5.84 Å². The first-order valence-corrected chi connectivity index (χ1v) is 7.33. The summed E-state index contributed by atoms with van der Waals surface area (Å²) in [6.45, 7) is 5.03. The van der Waals surface area contributed by atoms with Crippen LogP contribution in [0.4, 0.5) is 5.69 Å². The largest absolute Gasteiger partial charge is 0.497 e. The minimum atomic E-state index is -0.858. The zero-order chi connectivity index (χ0) is 18.3. The topological polar surface area (TPSA) is 104 Å². The van der Waals surface area contributed by atoms with Crippen LogP contribution in [-0.4, -0.2) is 44.8 Å². The van der Waals surface area contributed by atoms with E-state index in [4.69, 9.17) is 24.8 Å². The van der Waals surface area contributed by atoms with Gasteiger partial charge in [-0.1, -0.05) is 5.16 Å². The van der Waals surface area contributed by atoms with Crippen LogP contribution in [0.1, 0.15) is 20.8 Å². The Balaban J connectivity index is 2.76. The number of hydrogen-bond acceptors (Lipinski definition) is 6. The van der Waals surface area contributed by atoms with Crippen LogP contribution in [0.15, 0.2) is 23.4 Å². The fourth-order valence-electron chi connectivity index (χ4n) is 1.53. The summed E-state index contributed by atoms with van der Waals surface area (Å²) in [6.07, 6.45) is -0.858. The van der Waals surface area contributed by atoms with Crippen LogP contribution in [0, 0.1) is 0 Å². The van der Waals surface area contributed by atoms with Crippen LogP contribution in [-0.2, 0) is 14.4 Å². The molecule has 0 heterocycles. The lowest BCUT2D eigenvalue weighted by Gasteiger charge is -2.21. The fourth-order valence-corrected chi connectivity index (χ4v) is 1.53. The fraction of sp³-hybridized carbons (Fsp3) is 0.500. The molecule has 1 unspecified atom stereocenters. The molecule has 0 fully saturated rings. The summed E-state index contributed by atoms with van der Waals surface area (Å²) in [5, 5.41) is 6.46. The lowest BCUT2D eigenvalue weighted by Crippen LogP contribution is -2.40. The number of nitrogens with two attached hydrogens (primary N) is 1. The van der Waals surface area contributed by atoms with Gasteiger partial charge in [-0.2, -0.15) is 0 Å². The second-order valence-corrected chi connectivity index (χ2v) is 5.49. The van der Waals surface area contributed by atoms with Gasteiger partial charge in [0.05, 0.1) is 19.9 Å². The number of carbonyl (C=O) groups is 1. The quantitative estimate of drug-likeness (QED) is 0.425. The highest BCUT2D eigenvalue weighted by molar-refractivity contribution is 5.95. The van der Waals surface area contributed by atoms with Crippen LogP contribution in [0.5, 0.6) is 11.5 Å². The summed E-state index contributed by atoms with van der Waals surface area (Å²) < 4.78 is 15.5. The van der Waals surface area contributed by atoms with Gasteiger partial charge in [0, 0.05) is 13.2 Å². The van der Waals surface area contributed by atoms with E-state index in [2.05, 4.69) is 10.5 Å². The first-order chi connectivity index (χ1) is 11.2. The van der Waals surface area contributed by atoms with Crippen molar-refractivity contribution in [3.8, 4) is 11.5 Å². The Bertz CT molecular complexity index is 601. The smallest absolute Gasteiger partial charge is 0.268 e. The lowest BCUT2D eigenvalue weighted by atomic mass is 10.1. The maximum Gasteiger partial charge on any atom is 0.268 e. The highest BCUT2D eigenvalue weighted by Crippen LogP contribution is 2.29. The molecule has 1 rings (SSSR count). The maximum atomic E-state index is 12.2. The number of benzene rings is 1. The number of ether oxygens (including phenoxy) is 3. The van der Waals surface area contributed by atoms with E-state index in [1.165, 1.54) is 14.2 Å². The van der Waals surface area contributed by atoms with Crippen molar-refractivity contribution in [1.82, 2.24) is 0 Å². The first-order valence-electron chi connectivity index (χ1n) is 7.33. The van der Waals surface area contributed by atoms with E-state index >= 15 is 0 Å². The van der Waals surface area contributed by atoms with Gasteiger partial charge in [0.2, 0.25) is 6.10 Å². The number of amides is 1. The number of nitrogens with zero attached hydrogens (tertiary/aromatic N) is 1. The van der Waals surface area contributed by atoms with Gasteiger partial charge in [-0.25, -0.2) is 0 Å². The molecular formula is C16H25N3O5. The number of carbonyl (C=O) groups excluding carboxylic acids is 1. The third-order valence-corrected chi connectivity index (χ3v) is 3.47. The van der Waals surface area contributed by atoms with Crippen molar-refractivity contribution >= 4 is 17.4 Å². The number of anilines is 1. The minimum absolute atomic E-state index is 0.131. The molecular weight excluding hydrogens is 314 g/mol. The molecule has 0 bridgehead atoms. The Kier molecular flexibility index (Phi) is 6.84. The molecule has 1 aromatic carbocycles. The third kappa shape index (κ3) is 5.02. The molecule has 0 aliphatic rings. The highest BCUT2D eigenvalue weighted by Gasteiger charge is 2.24. The summed E-state index contributed by atoms with van der Waals surface area (Å²) in [4.78, 5) is 17.4. The molecule has 0 aliphatic carbocycles. The summed E-state index contributed by atoms with van der Waals surface area (Å²) in [5.74, 6) is 0.823. The van der Waals surface area contributed by atoms with E-state index in [0.717, 1.165) is 0 Å². The Hall–Kier alpha value is -2.48. The molecule has 0 aromatic heterocycles. The number of amidine groups is 1. The normalized spacial score (nSPS) is 13.2. The van der Waals surface area contributed by atoms with Crippen LogP contribution >= 0.6 is 0 Å². The SMILES string of the molecule is COc1ccc(NC(=O)C(C)ON=C(N)C(C)(C)OC)c(OC)c1. The predicted octanol–water partition coefficient (Wildman–Crippen LogP) is 1.74. The summed E-state index contributed by atoms with van der Waals surface area (Å²) in [5.41, 5.74) is 5.49. The maximum absolute atomic E-state index is 12.2. The molecule has 1 atom stereocenters. The zero-order valence-corrected chi connectivity index (χ0v) is 14.9. The summed E-state index contributed by atoms with van der Waals surface area (Å²) in [6, 6.07) is 5.05. The van der Waals surface area contributed by atoms with E-state index in [9.17, 15) is 4.79 Å². The van der Waals surface area contributed by atoms with Crippen molar-refractivity contribution in [3.63, 3.8) is 0 Å². The molecule has 1 aromatic rings. The molecule has 1 amide bonds. The molecule has 0 aliphatic heterocycles. The Morgan fingerprint density at radius 3 is 2.46 bits per heavy atom. The van der Waals surface area contributed by atoms with Crippen LogP contribution in [0.2, 0.25) is 0 Å². The number of rotatable bonds is 8. The van der Waals surface area contributed by atoms with Crippen LogP contribution in [0.25, 0.3) is 0 Å². The predicted molar refractivity (Wildman–Crippen MR) is 91.4 cm³/mol. The Morgan fingerprint density at radius 2 is 1.92 bits per heavy atom. The first kappa shape index (κ1) is 19.6. The van der Waals surface area contributed by atoms with Crippen molar-refractivity contribution in [2.45, 2.75) is 32.5 Å². The molecule has 8 heteroatoms. The third-order valence-electron chi connectivity index (χ3n) is 3.47. The molecule has 0 saturated carbocycles. The van der Waals surface area contributed by atoms with E-state index in [0.29, 0.717) is 17.2 Å². The molecule has 0 saturated heterocycles. The van der Waals surface area contributed by atoms with E-state index < -0.39 is 17.6 Å². The number of hydrogen-bond donors (Lipinski definition) is 2. The van der Waals surface area contributed by atoms with Gasteiger partial charge in [0.25, 0.3) is 5.91 Å². The number of oxime groups is 1. The Labute approximate surface area is 141 Å². The number of nitrogens with one attached hydrogen (secondary N) is 1. The standard InChI is InChI=1S/C16H25N3O5/c1-10(24-19-15(17)16(2,3)23-6)14(20)18-12-8-7-11(21-4)9-13(12)22-5/h7-10H,1-6H3,(H2,17,19)(H,18,20). The molecule has 8 nitrogen and oxygen atoms in total. The van der Waals surface area contributed by atoms with Crippen LogP contribution < -0.4 is 20.5 Å². The van der Waals surface area contributed by atoms with Crippen molar-refractivity contribution in [3.05, 3.63) is 18.2 Å². The van der Waals surface area contributed by atoms with Crippen molar-refractivity contribution in [2.24, 2.45) is 10.9 Å². The molecule has 24 heavy (non-hydrogen) atoms. The Morgan fingerprint density at radius 1 is 1.25 bits per heavy atom. The summed E-state index contributed by atoms with van der Waals surface area (Å²) in [7, 11) is 4.56. The zero-order valence-electron chi connectivity index (χ0n) is 14.9. The van der Waals surface area contributed by atoms with Gasteiger partial charge in [0.1, 0.15) is 17.1 Å². The van der Waals surface area contributed by atoms with Gasteiger partial charge in [-0.15, -0.1) is 0 Å². The van der Waals surface area contributed by atoms with Crippen molar-refractivity contribution in [2.75, 3.05) is 26.6 Å². The van der Waals surface area contributed by atoms with E-state index in [1.54, 1.807) is 46.1 Å². The molecule has 3 N–H and O–H groups in total. The second-order valence-electron chi connectivity index (χ2n) is 5.49. The van der Waals surface area contributed by atoms with Gasteiger partial charge in [-0.3, -0.25) is 4.79 Å².